The molecule has 1 unspecified atom stereocenters. The fourth-order valence-corrected chi connectivity index (χ4v) is 2.11. The van der Waals surface area contributed by atoms with Crippen molar-refractivity contribution in [3.63, 3.8) is 0 Å². The summed E-state index contributed by atoms with van der Waals surface area (Å²) in [5.74, 6) is 6.56. The molecule has 4 nitrogen and oxygen atoms in total. The van der Waals surface area contributed by atoms with E-state index in [1.165, 1.54) is 6.92 Å². The lowest BCUT2D eigenvalue weighted by atomic mass is 10.0. The van der Waals surface area contributed by atoms with E-state index >= 15 is 0 Å². The highest BCUT2D eigenvalue weighted by atomic mass is 16.5. The summed E-state index contributed by atoms with van der Waals surface area (Å²) < 4.78 is 5.11. The van der Waals surface area contributed by atoms with E-state index in [4.69, 9.17) is 4.74 Å². The van der Waals surface area contributed by atoms with Crippen molar-refractivity contribution < 1.29 is 14.7 Å². The minimum Gasteiger partial charge on any atom is -0.497 e. The van der Waals surface area contributed by atoms with Crippen LogP contribution < -0.4 is 4.74 Å². The number of nitrogens with zero attached hydrogens (tertiary/aromatic N) is 1. The van der Waals surface area contributed by atoms with Gasteiger partial charge in [-0.25, -0.2) is 5.06 Å². The Labute approximate surface area is 136 Å². The maximum atomic E-state index is 11.2. The molecule has 0 aromatic heterocycles. The topological polar surface area (TPSA) is 49.8 Å². The first-order valence-electron chi connectivity index (χ1n) is 7.26. The van der Waals surface area contributed by atoms with Crippen LogP contribution in [0.15, 0.2) is 48.5 Å². The van der Waals surface area contributed by atoms with Gasteiger partial charge in [0.25, 0.3) is 0 Å². The largest absolute Gasteiger partial charge is 0.497 e. The Balaban J connectivity index is 2.20. The average molecular weight is 309 g/mol. The SMILES string of the molecule is COc1ccc(C#Cc2cccc(C(C)N(O)C(C)=O)c2)cc1. The monoisotopic (exact) mass is 309 g/mol. The van der Waals surface area contributed by atoms with Gasteiger partial charge in [-0.2, -0.15) is 0 Å². The van der Waals surface area contributed by atoms with Gasteiger partial charge in [-0.1, -0.05) is 24.0 Å². The fourth-order valence-electron chi connectivity index (χ4n) is 2.11. The van der Waals surface area contributed by atoms with Crippen LogP contribution in [0.4, 0.5) is 0 Å². The van der Waals surface area contributed by atoms with E-state index in [9.17, 15) is 10.0 Å². The molecule has 2 rings (SSSR count). The van der Waals surface area contributed by atoms with Gasteiger partial charge in [0.2, 0.25) is 5.91 Å². The van der Waals surface area contributed by atoms with Crippen molar-refractivity contribution in [2.24, 2.45) is 0 Å². The van der Waals surface area contributed by atoms with Crippen LogP contribution in [0.5, 0.6) is 5.75 Å². The standard InChI is InChI=1S/C19H19NO3/c1-14(20(22)15(2)21)18-6-4-5-17(13-18)8-7-16-9-11-19(23-3)12-10-16/h4-6,9-14,22H,1-3H3. The summed E-state index contributed by atoms with van der Waals surface area (Å²) in [4.78, 5) is 11.2. The van der Waals surface area contributed by atoms with Gasteiger partial charge in [-0.3, -0.25) is 10.0 Å². The summed E-state index contributed by atoms with van der Waals surface area (Å²) in [6.45, 7) is 3.08. The molecule has 0 aliphatic carbocycles. The maximum absolute atomic E-state index is 11.2. The van der Waals surface area contributed by atoms with E-state index in [1.54, 1.807) is 14.0 Å². The average Bonchev–Trinajstić information content (AvgIpc) is 2.59. The van der Waals surface area contributed by atoms with Crippen LogP contribution in [0.1, 0.15) is 36.6 Å². The van der Waals surface area contributed by atoms with Crippen molar-refractivity contribution >= 4 is 5.91 Å². The molecule has 1 amide bonds. The first kappa shape index (κ1) is 16.6. The van der Waals surface area contributed by atoms with Gasteiger partial charge in [0, 0.05) is 18.1 Å². The summed E-state index contributed by atoms with van der Waals surface area (Å²) in [7, 11) is 1.62. The third kappa shape index (κ3) is 4.35. The molecule has 0 aliphatic rings. The molecule has 2 aromatic rings. The molecule has 0 fully saturated rings. The number of benzene rings is 2. The normalized spacial score (nSPS) is 11.1. The zero-order valence-electron chi connectivity index (χ0n) is 13.4. The van der Waals surface area contributed by atoms with Crippen molar-refractivity contribution in [3.8, 4) is 17.6 Å². The first-order chi connectivity index (χ1) is 11.0. The molecule has 1 atom stereocenters. The highest BCUT2D eigenvalue weighted by Gasteiger charge is 2.16. The van der Waals surface area contributed by atoms with Gasteiger partial charge in [-0.15, -0.1) is 0 Å². The Hall–Kier alpha value is -2.77. The van der Waals surface area contributed by atoms with E-state index in [2.05, 4.69) is 11.8 Å². The van der Waals surface area contributed by atoms with E-state index in [0.717, 1.165) is 27.5 Å². The summed E-state index contributed by atoms with van der Waals surface area (Å²) >= 11 is 0. The number of rotatable bonds is 3. The van der Waals surface area contributed by atoms with E-state index < -0.39 is 11.9 Å². The molecule has 0 saturated heterocycles. The predicted octanol–water partition coefficient (Wildman–Crippen LogP) is 3.39. The molecule has 0 saturated carbocycles. The molecule has 0 spiro atoms. The predicted molar refractivity (Wildman–Crippen MR) is 88.1 cm³/mol. The summed E-state index contributed by atoms with van der Waals surface area (Å²) in [5, 5.41) is 10.5. The zero-order valence-corrected chi connectivity index (χ0v) is 13.4. The van der Waals surface area contributed by atoms with E-state index in [1.807, 2.05) is 48.5 Å². The van der Waals surface area contributed by atoms with Crippen molar-refractivity contribution in [3.05, 3.63) is 65.2 Å². The third-order valence-corrected chi connectivity index (χ3v) is 3.50. The second-order valence-corrected chi connectivity index (χ2v) is 5.14. The van der Waals surface area contributed by atoms with Gasteiger partial charge >= 0.3 is 0 Å². The first-order valence-corrected chi connectivity index (χ1v) is 7.26. The molecular formula is C19H19NO3. The molecule has 0 bridgehead atoms. The van der Waals surface area contributed by atoms with Crippen LogP contribution in [0, 0.1) is 11.8 Å². The Morgan fingerprint density at radius 2 is 1.78 bits per heavy atom. The number of hydroxylamine groups is 2. The molecule has 0 radical (unpaired) electrons. The molecule has 23 heavy (non-hydrogen) atoms. The van der Waals surface area contributed by atoms with Crippen LogP contribution in [-0.4, -0.2) is 23.3 Å². The zero-order chi connectivity index (χ0) is 16.8. The van der Waals surface area contributed by atoms with Crippen molar-refractivity contribution in [2.75, 3.05) is 7.11 Å². The molecule has 2 aromatic carbocycles. The van der Waals surface area contributed by atoms with Crippen LogP contribution >= 0.6 is 0 Å². The summed E-state index contributed by atoms with van der Waals surface area (Å²) in [5.41, 5.74) is 2.53. The minimum atomic E-state index is -0.421. The molecular weight excluding hydrogens is 290 g/mol. The fraction of sp³-hybridized carbons (Fsp3) is 0.211. The van der Waals surface area contributed by atoms with Gasteiger partial charge in [0.1, 0.15) is 5.75 Å². The minimum absolute atomic E-state index is 0.396. The van der Waals surface area contributed by atoms with Gasteiger partial charge in [0.05, 0.1) is 13.2 Å². The number of carbonyl (C=O) groups is 1. The van der Waals surface area contributed by atoms with Crippen LogP contribution in [-0.2, 0) is 4.79 Å². The van der Waals surface area contributed by atoms with E-state index in [-0.39, 0.29) is 0 Å². The number of carbonyl (C=O) groups excluding carboxylic acids is 1. The lowest BCUT2D eigenvalue weighted by molar-refractivity contribution is -0.172. The highest BCUT2D eigenvalue weighted by Crippen LogP contribution is 2.19. The van der Waals surface area contributed by atoms with Gasteiger partial charge in [-0.05, 0) is 48.9 Å². The van der Waals surface area contributed by atoms with Crippen LogP contribution in [0.25, 0.3) is 0 Å². The molecule has 0 aliphatic heterocycles. The summed E-state index contributed by atoms with van der Waals surface area (Å²) in [6.07, 6.45) is 0. The highest BCUT2D eigenvalue weighted by molar-refractivity contribution is 5.72. The van der Waals surface area contributed by atoms with E-state index in [0.29, 0.717) is 0 Å². The second kappa shape index (κ2) is 7.48. The second-order valence-electron chi connectivity index (χ2n) is 5.14. The Morgan fingerprint density at radius 1 is 1.13 bits per heavy atom. The summed E-state index contributed by atoms with van der Waals surface area (Å²) in [6, 6.07) is 14.6. The number of hydrogen-bond acceptors (Lipinski definition) is 3. The quantitative estimate of drug-likeness (QED) is 0.537. The van der Waals surface area contributed by atoms with Crippen molar-refractivity contribution in [1.29, 1.82) is 0 Å². The van der Waals surface area contributed by atoms with Crippen LogP contribution in [0.2, 0.25) is 0 Å². The maximum Gasteiger partial charge on any atom is 0.243 e. The lowest BCUT2D eigenvalue weighted by Gasteiger charge is -2.21. The van der Waals surface area contributed by atoms with Gasteiger partial charge < -0.3 is 4.74 Å². The molecule has 0 heterocycles. The number of ether oxygens (including phenoxy) is 1. The molecule has 1 N–H and O–H groups in total. The molecule has 4 heteroatoms. The number of hydrogen-bond donors (Lipinski definition) is 1. The van der Waals surface area contributed by atoms with Crippen molar-refractivity contribution in [1.82, 2.24) is 5.06 Å². The van der Waals surface area contributed by atoms with Crippen LogP contribution in [0.3, 0.4) is 0 Å². The lowest BCUT2D eigenvalue weighted by Crippen LogP contribution is -2.27. The third-order valence-electron chi connectivity index (χ3n) is 3.50. The van der Waals surface area contributed by atoms with Gasteiger partial charge in [0.15, 0.2) is 0 Å². The van der Waals surface area contributed by atoms with Crippen molar-refractivity contribution in [2.45, 2.75) is 19.9 Å². The number of amides is 1. The number of methoxy groups -OCH3 is 1. The Kier molecular flexibility index (Phi) is 5.40. The molecule has 118 valence electrons. The smallest absolute Gasteiger partial charge is 0.243 e. The Morgan fingerprint density at radius 3 is 2.39 bits per heavy atom. The Bertz CT molecular complexity index is 741.